The maximum atomic E-state index is 12.6. The van der Waals surface area contributed by atoms with E-state index in [1.165, 1.54) is 0 Å². The van der Waals surface area contributed by atoms with E-state index in [1.807, 2.05) is 13.8 Å². The van der Waals surface area contributed by atoms with Gasteiger partial charge in [0.1, 0.15) is 5.69 Å². The molecular weight excluding hydrogens is 336 g/mol. The predicted octanol–water partition coefficient (Wildman–Crippen LogP) is 3.21. The van der Waals surface area contributed by atoms with Crippen LogP contribution >= 0.6 is 15.9 Å². The molecule has 0 spiro atoms. The minimum absolute atomic E-state index is 0.120. The van der Waals surface area contributed by atoms with Gasteiger partial charge in [0.2, 0.25) is 5.78 Å². The lowest BCUT2D eigenvalue weighted by Gasteiger charge is -2.12. The molecule has 0 N–H and O–H groups in total. The number of hydrogen-bond donors (Lipinski definition) is 0. The largest absolute Gasteiger partial charge is 0.490 e. The fraction of sp³-hybridized carbons (Fsp3) is 0.333. The Bertz CT molecular complexity index is 633. The first-order valence-corrected chi connectivity index (χ1v) is 7.49. The van der Waals surface area contributed by atoms with Gasteiger partial charge in [-0.1, -0.05) is 0 Å². The number of carbonyl (C=O) groups is 1. The van der Waals surface area contributed by atoms with Gasteiger partial charge in [0.25, 0.3) is 0 Å². The van der Waals surface area contributed by atoms with Crippen LogP contribution in [0.3, 0.4) is 0 Å². The second-order valence-electron chi connectivity index (χ2n) is 4.32. The average molecular weight is 353 g/mol. The molecule has 0 saturated carbocycles. The van der Waals surface area contributed by atoms with E-state index >= 15 is 0 Å². The zero-order chi connectivity index (χ0) is 15.4. The van der Waals surface area contributed by atoms with E-state index in [4.69, 9.17) is 9.47 Å². The highest BCUT2D eigenvalue weighted by molar-refractivity contribution is 9.10. The molecule has 0 amide bonds. The lowest BCUT2D eigenvalue weighted by molar-refractivity contribution is 0.102. The van der Waals surface area contributed by atoms with Crippen molar-refractivity contribution < 1.29 is 14.3 Å². The van der Waals surface area contributed by atoms with Gasteiger partial charge in [-0.3, -0.25) is 9.48 Å². The van der Waals surface area contributed by atoms with Gasteiger partial charge in [-0.05, 0) is 48.0 Å². The van der Waals surface area contributed by atoms with Crippen molar-refractivity contribution in [2.45, 2.75) is 13.8 Å². The Morgan fingerprint density at radius 2 is 1.90 bits per heavy atom. The molecule has 6 heteroatoms. The molecule has 0 bridgehead atoms. The molecule has 0 unspecified atom stereocenters. The van der Waals surface area contributed by atoms with Gasteiger partial charge in [0.15, 0.2) is 11.5 Å². The van der Waals surface area contributed by atoms with Crippen LogP contribution in [0.25, 0.3) is 0 Å². The number of ketones is 1. The van der Waals surface area contributed by atoms with E-state index in [0.717, 1.165) is 0 Å². The SMILES string of the molecule is CCOc1ccc(C(=O)c2c(Br)cnn2C)cc1OCC. The topological polar surface area (TPSA) is 53.3 Å². The second-order valence-corrected chi connectivity index (χ2v) is 5.18. The molecule has 0 atom stereocenters. The zero-order valence-corrected chi connectivity index (χ0v) is 13.8. The Labute approximate surface area is 132 Å². The summed E-state index contributed by atoms with van der Waals surface area (Å²) in [6, 6.07) is 5.19. The summed E-state index contributed by atoms with van der Waals surface area (Å²) in [6.07, 6.45) is 1.60. The summed E-state index contributed by atoms with van der Waals surface area (Å²) in [5, 5.41) is 4.06. The first-order chi connectivity index (χ1) is 10.1. The molecule has 2 aromatic rings. The molecule has 1 heterocycles. The number of carbonyl (C=O) groups excluding carboxylic acids is 1. The van der Waals surface area contributed by atoms with Crippen LogP contribution in [0.4, 0.5) is 0 Å². The summed E-state index contributed by atoms with van der Waals surface area (Å²) >= 11 is 3.34. The Kier molecular flexibility index (Phi) is 5.01. The Morgan fingerprint density at radius 3 is 2.48 bits per heavy atom. The van der Waals surface area contributed by atoms with Gasteiger partial charge in [-0.2, -0.15) is 5.10 Å². The van der Waals surface area contributed by atoms with Gasteiger partial charge < -0.3 is 9.47 Å². The number of aromatic nitrogens is 2. The van der Waals surface area contributed by atoms with Crippen molar-refractivity contribution in [1.82, 2.24) is 9.78 Å². The summed E-state index contributed by atoms with van der Waals surface area (Å²) < 4.78 is 13.3. The smallest absolute Gasteiger partial charge is 0.212 e. The number of halogens is 1. The quantitative estimate of drug-likeness (QED) is 0.749. The van der Waals surface area contributed by atoms with E-state index in [1.54, 1.807) is 36.1 Å². The molecular formula is C15H17BrN2O3. The van der Waals surface area contributed by atoms with E-state index in [9.17, 15) is 4.79 Å². The zero-order valence-electron chi connectivity index (χ0n) is 12.2. The van der Waals surface area contributed by atoms with Crippen LogP contribution in [-0.4, -0.2) is 28.8 Å². The van der Waals surface area contributed by atoms with Crippen LogP contribution in [0.2, 0.25) is 0 Å². The summed E-state index contributed by atoms with van der Waals surface area (Å²) in [7, 11) is 1.73. The van der Waals surface area contributed by atoms with Crippen LogP contribution in [0.1, 0.15) is 29.9 Å². The molecule has 0 saturated heterocycles. The number of aryl methyl sites for hydroxylation is 1. The van der Waals surface area contributed by atoms with Crippen LogP contribution in [0.5, 0.6) is 11.5 Å². The molecule has 5 nitrogen and oxygen atoms in total. The van der Waals surface area contributed by atoms with Crippen molar-refractivity contribution in [2.24, 2.45) is 7.05 Å². The lowest BCUT2D eigenvalue weighted by Crippen LogP contribution is -2.09. The van der Waals surface area contributed by atoms with Gasteiger partial charge in [-0.15, -0.1) is 0 Å². The molecule has 1 aromatic heterocycles. The maximum Gasteiger partial charge on any atom is 0.212 e. The minimum atomic E-state index is -0.120. The van der Waals surface area contributed by atoms with Crippen LogP contribution < -0.4 is 9.47 Å². The standard InChI is InChI=1S/C15H17BrN2O3/c1-4-20-12-7-6-10(8-13(12)21-5-2)15(19)14-11(16)9-17-18(14)3/h6-9H,4-5H2,1-3H3. The highest BCUT2D eigenvalue weighted by Gasteiger charge is 2.19. The molecule has 0 aliphatic heterocycles. The van der Waals surface area contributed by atoms with Gasteiger partial charge >= 0.3 is 0 Å². The van der Waals surface area contributed by atoms with Crippen LogP contribution in [0, 0.1) is 0 Å². The van der Waals surface area contributed by atoms with Crippen molar-refractivity contribution in [3.63, 3.8) is 0 Å². The van der Waals surface area contributed by atoms with E-state index in [2.05, 4.69) is 21.0 Å². The lowest BCUT2D eigenvalue weighted by atomic mass is 10.1. The first kappa shape index (κ1) is 15.6. The third-order valence-corrected chi connectivity index (χ3v) is 3.50. The Balaban J connectivity index is 2.40. The van der Waals surface area contributed by atoms with Crippen molar-refractivity contribution in [2.75, 3.05) is 13.2 Å². The average Bonchev–Trinajstić information content (AvgIpc) is 2.80. The third kappa shape index (κ3) is 3.26. The molecule has 0 fully saturated rings. The predicted molar refractivity (Wildman–Crippen MR) is 83.1 cm³/mol. The monoisotopic (exact) mass is 352 g/mol. The molecule has 21 heavy (non-hydrogen) atoms. The fourth-order valence-corrected chi connectivity index (χ4v) is 2.52. The Hall–Kier alpha value is -1.82. The molecule has 0 aliphatic rings. The van der Waals surface area contributed by atoms with Crippen molar-refractivity contribution in [3.05, 3.63) is 40.1 Å². The number of rotatable bonds is 6. The van der Waals surface area contributed by atoms with E-state index in [0.29, 0.717) is 40.4 Å². The summed E-state index contributed by atoms with van der Waals surface area (Å²) in [5.74, 6) is 1.09. The van der Waals surface area contributed by atoms with Gasteiger partial charge in [0, 0.05) is 12.6 Å². The maximum absolute atomic E-state index is 12.6. The summed E-state index contributed by atoms with van der Waals surface area (Å²) in [6.45, 7) is 4.84. The second kappa shape index (κ2) is 6.76. The van der Waals surface area contributed by atoms with E-state index < -0.39 is 0 Å². The summed E-state index contributed by atoms with van der Waals surface area (Å²) in [4.78, 5) is 12.6. The molecule has 112 valence electrons. The van der Waals surface area contributed by atoms with Crippen LogP contribution in [0.15, 0.2) is 28.9 Å². The van der Waals surface area contributed by atoms with Crippen LogP contribution in [-0.2, 0) is 7.05 Å². The number of ether oxygens (including phenoxy) is 2. The number of benzene rings is 1. The fourth-order valence-electron chi connectivity index (χ4n) is 2.00. The molecule has 0 radical (unpaired) electrons. The van der Waals surface area contributed by atoms with Crippen molar-refractivity contribution in [1.29, 1.82) is 0 Å². The van der Waals surface area contributed by atoms with Gasteiger partial charge in [0.05, 0.1) is 23.9 Å². The van der Waals surface area contributed by atoms with Crippen molar-refractivity contribution >= 4 is 21.7 Å². The summed E-state index contributed by atoms with van der Waals surface area (Å²) in [5.41, 5.74) is 1.04. The van der Waals surface area contributed by atoms with Gasteiger partial charge in [-0.25, -0.2) is 0 Å². The highest BCUT2D eigenvalue weighted by Crippen LogP contribution is 2.30. The normalized spacial score (nSPS) is 10.5. The highest BCUT2D eigenvalue weighted by atomic mass is 79.9. The molecule has 0 aliphatic carbocycles. The molecule has 1 aromatic carbocycles. The minimum Gasteiger partial charge on any atom is -0.490 e. The van der Waals surface area contributed by atoms with E-state index in [-0.39, 0.29) is 5.78 Å². The number of nitrogens with zero attached hydrogens (tertiary/aromatic N) is 2. The third-order valence-electron chi connectivity index (χ3n) is 2.91. The number of hydrogen-bond acceptors (Lipinski definition) is 4. The Morgan fingerprint density at radius 1 is 1.24 bits per heavy atom. The molecule has 2 rings (SSSR count). The van der Waals surface area contributed by atoms with Crippen molar-refractivity contribution in [3.8, 4) is 11.5 Å². The first-order valence-electron chi connectivity index (χ1n) is 6.70.